The fourth-order valence-corrected chi connectivity index (χ4v) is 3.80. The first-order valence-electron chi connectivity index (χ1n) is 9.51. The van der Waals surface area contributed by atoms with Gasteiger partial charge in [0.2, 0.25) is 5.91 Å². The molecule has 0 saturated carbocycles. The highest BCUT2D eigenvalue weighted by molar-refractivity contribution is 5.79. The number of rotatable bonds is 5. The smallest absolute Gasteiger partial charge is 0.223 e. The van der Waals surface area contributed by atoms with Gasteiger partial charge in [-0.25, -0.2) is 0 Å². The molecule has 2 aliphatic heterocycles. The van der Waals surface area contributed by atoms with E-state index >= 15 is 0 Å². The molecule has 3 unspecified atom stereocenters. The molecule has 1 saturated heterocycles. The predicted molar refractivity (Wildman–Crippen MR) is 98.7 cm³/mol. The second-order valence-electron chi connectivity index (χ2n) is 7.97. The molecule has 0 aliphatic carbocycles. The molecule has 0 spiro atoms. The number of fused-ring (bicyclic) bond motifs is 1. The molecule has 2 aliphatic rings. The van der Waals surface area contributed by atoms with Crippen molar-refractivity contribution in [2.45, 2.75) is 64.7 Å². The van der Waals surface area contributed by atoms with Gasteiger partial charge in [0, 0.05) is 25.1 Å². The zero-order chi connectivity index (χ0) is 18.9. The number of nitriles is 1. The predicted octanol–water partition coefficient (Wildman–Crippen LogP) is 3.82. The molecule has 2 heterocycles. The van der Waals surface area contributed by atoms with Crippen molar-refractivity contribution in [3.8, 4) is 11.8 Å². The minimum absolute atomic E-state index is 0.151. The van der Waals surface area contributed by atoms with E-state index in [-0.39, 0.29) is 18.1 Å². The summed E-state index contributed by atoms with van der Waals surface area (Å²) in [6.07, 6.45) is 2.20. The van der Waals surface area contributed by atoms with Crippen LogP contribution >= 0.6 is 0 Å². The summed E-state index contributed by atoms with van der Waals surface area (Å²) in [5.41, 5.74) is 0.888. The Morgan fingerprint density at radius 2 is 2.23 bits per heavy atom. The molecule has 3 rings (SSSR count). The van der Waals surface area contributed by atoms with E-state index in [0.29, 0.717) is 24.5 Å². The second kappa shape index (κ2) is 7.28. The Hall–Kier alpha value is -2.06. The van der Waals surface area contributed by atoms with E-state index < -0.39 is 5.60 Å². The molecule has 1 aromatic rings. The van der Waals surface area contributed by atoms with Crippen LogP contribution in [0.3, 0.4) is 0 Å². The Balaban J connectivity index is 2.04. The van der Waals surface area contributed by atoms with Gasteiger partial charge in [-0.2, -0.15) is 5.26 Å². The van der Waals surface area contributed by atoms with Crippen LogP contribution < -0.4 is 4.74 Å². The number of hydrogen-bond donors (Lipinski definition) is 0. The minimum Gasteiger partial charge on any atom is -0.485 e. The summed E-state index contributed by atoms with van der Waals surface area (Å²) in [4.78, 5) is 14.5. The molecular weight excluding hydrogens is 328 g/mol. The molecule has 1 fully saturated rings. The number of nitrogens with zero attached hydrogens (tertiary/aromatic N) is 2. The molecule has 0 radical (unpaired) electrons. The fourth-order valence-electron chi connectivity index (χ4n) is 3.80. The molecular formula is C21H28N2O3. The lowest BCUT2D eigenvalue weighted by Crippen LogP contribution is -2.55. The van der Waals surface area contributed by atoms with Gasteiger partial charge in [0.15, 0.2) is 0 Å². The van der Waals surface area contributed by atoms with Crippen LogP contribution in [0.15, 0.2) is 18.2 Å². The Kier molecular flexibility index (Phi) is 5.24. The first kappa shape index (κ1) is 18.7. The van der Waals surface area contributed by atoms with E-state index in [1.54, 1.807) is 6.07 Å². The highest BCUT2D eigenvalue weighted by Gasteiger charge is 2.49. The topological polar surface area (TPSA) is 62.6 Å². The van der Waals surface area contributed by atoms with Crippen molar-refractivity contribution in [1.29, 1.82) is 5.26 Å². The molecule has 0 N–H and O–H groups in total. The lowest BCUT2D eigenvalue weighted by Gasteiger charge is -2.47. The summed E-state index contributed by atoms with van der Waals surface area (Å²) in [5, 5.41) is 9.32. The Labute approximate surface area is 155 Å². The van der Waals surface area contributed by atoms with Crippen molar-refractivity contribution in [2.75, 3.05) is 13.2 Å². The minimum atomic E-state index is -0.567. The molecule has 5 nitrogen and oxygen atoms in total. The number of likely N-dealkylation sites (tertiary alicyclic amines) is 1. The van der Waals surface area contributed by atoms with Gasteiger partial charge in [0.05, 0.1) is 17.7 Å². The molecule has 0 aromatic heterocycles. The fraction of sp³-hybridized carbons (Fsp3) is 0.619. The number of amides is 1. The first-order chi connectivity index (χ1) is 12.4. The van der Waals surface area contributed by atoms with Crippen molar-refractivity contribution in [3.63, 3.8) is 0 Å². The average Bonchev–Trinajstić information content (AvgIpc) is 3.03. The molecule has 140 valence electrons. The van der Waals surface area contributed by atoms with Gasteiger partial charge in [-0.3, -0.25) is 4.79 Å². The van der Waals surface area contributed by atoms with Gasteiger partial charge in [-0.05, 0) is 44.4 Å². The maximum Gasteiger partial charge on any atom is 0.223 e. The van der Waals surface area contributed by atoms with Gasteiger partial charge >= 0.3 is 0 Å². The molecule has 3 atom stereocenters. The van der Waals surface area contributed by atoms with Crippen molar-refractivity contribution >= 4 is 5.91 Å². The third-order valence-corrected chi connectivity index (χ3v) is 5.51. The van der Waals surface area contributed by atoms with Crippen molar-refractivity contribution in [2.24, 2.45) is 5.92 Å². The number of carbonyl (C=O) groups is 1. The maximum atomic E-state index is 12.6. The maximum absolute atomic E-state index is 12.6. The highest BCUT2D eigenvalue weighted by Crippen LogP contribution is 2.46. The van der Waals surface area contributed by atoms with E-state index in [4.69, 9.17) is 9.47 Å². The standard InChI is InChI=1S/C21H28N2O3/c1-5-14(2)13-25-20-19(23-10-6-7-18(23)24)16-11-15(12-22)8-9-17(16)26-21(20,3)4/h8-9,11,14,19-20H,5-7,10,13H2,1-4H3. The zero-order valence-corrected chi connectivity index (χ0v) is 16.1. The Bertz CT molecular complexity index is 722. The lowest BCUT2D eigenvalue weighted by molar-refractivity contribution is -0.150. The number of benzene rings is 1. The lowest BCUT2D eigenvalue weighted by atomic mass is 9.84. The van der Waals surface area contributed by atoms with Crippen LogP contribution in [-0.2, 0) is 9.53 Å². The first-order valence-corrected chi connectivity index (χ1v) is 9.51. The third-order valence-electron chi connectivity index (χ3n) is 5.51. The second-order valence-corrected chi connectivity index (χ2v) is 7.97. The van der Waals surface area contributed by atoms with Crippen molar-refractivity contribution in [1.82, 2.24) is 4.90 Å². The molecule has 1 amide bonds. The van der Waals surface area contributed by atoms with Crippen LogP contribution in [0.1, 0.15) is 64.1 Å². The average molecular weight is 356 g/mol. The highest BCUT2D eigenvalue weighted by atomic mass is 16.6. The third kappa shape index (κ3) is 3.43. The number of carbonyl (C=O) groups excluding carboxylic acids is 1. The quantitative estimate of drug-likeness (QED) is 0.804. The van der Waals surface area contributed by atoms with E-state index in [9.17, 15) is 10.1 Å². The molecule has 1 aromatic carbocycles. The zero-order valence-electron chi connectivity index (χ0n) is 16.1. The molecule has 0 bridgehead atoms. The van der Waals surface area contributed by atoms with Crippen LogP contribution in [0.25, 0.3) is 0 Å². The van der Waals surface area contributed by atoms with Gasteiger partial charge in [0.25, 0.3) is 0 Å². The van der Waals surface area contributed by atoms with E-state index in [0.717, 1.165) is 30.7 Å². The summed E-state index contributed by atoms with van der Waals surface area (Å²) in [5.74, 6) is 1.33. The summed E-state index contributed by atoms with van der Waals surface area (Å²) in [6.45, 7) is 9.69. The summed E-state index contributed by atoms with van der Waals surface area (Å²) in [7, 11) is 0. The van der Waals surface area contributed by atoms with E-state index in [1.807, 2.05) is 30.9 Å². The van der Waals surface area contributed by atoms with Gasteiger partial charge in [-0.15, -0.1) is 0 Å². The summed E-state index contributed by atoms with van der Waals surface area (Å²) in [6, 6.07) is 7.42. The number of ether oxygens (including phenoxy) is 2. The van der Waals surface area contributed by atoms with Crippen LogP contribution in [0.5, 0.6) is 5.75 Å². The number of hydrogen-bond acceptors (Lipinski definition) is 4. The summed E-state index contributed by atoms with van der Waals surface area (Å²) >= 11 is 0. The SMILES string of the molecule is CCC(C)COC1C(N2CCCC2=O)c2cc(C#N)ccc2OC1(C)C. The largest absolute Gasteiger partial charge is 0.485 e. The van der Waals surface area contributed by atoms with Crippen LogP contribution in [-0.4, -0.2) is 35.7 Å². The Morgan fingerprint density at radius 1 is 1.46 bits per heavy atom. The van der Waals surface area contributed by atoms with Crippen LogP contribution in [0.4, 0.5) is 0 Å². The van der Waals surface area contributed by atoms with Gasteiger partial charge in [0.1, 0.15) is 17.5 Å². The van der Waals surface area contributed by atoms with E-state index in [1.165, 1.54) is 0 Å². The monoisotopic (exact) mass is 356 g/mol. The van der Waals surface area contributed by atoms with Gasteiger partial charge in [-0.1, -0.05) is 20.3 Å². The van der Waals surface area contributed by atoms with Crippen molar-refractivity contribution < 1.29 is 14.3 Å². The van der Waals surface area contributed by atoms with Crippen LogP contribution in [0, 0.1) is 17.2 Å². The van der Waals surface area contributed by atoms with Crippen molar-refractivity contribution in [3.05, 3.63) is 29.3 Å². The van der Waals surface area contributed by atoms with Gasteiger partial charge < -0.3 is 14.4 Å². The summed E-state index contributed by atoms with van der Waals surface area (Å²) < 4.78 is 12.6. The normalized spacial score (nSPS) is 25.3. The molecule has 26 heavy (non-hydrogen) atoms. The van der Waals surface area contributed by atoms with Crippen LogP contribution in [0.2, 0.25) is 0 Å². The Morgan fingerprint density at radius 3 is 2.85 bits per heavy atom. The van der Waals surface area contributed by atoms with E-state index in [2.05, 4.69) is 19.9 Å². The molecule has 5 heteroatoms.